The van der Waals surface area contributed by atoms with Gasteiger partial charge in [-0.05, 0) is 47.5 Å². The molecule has 2 unspecified atom stereocenters. The molecule has 6 heteroatoms. The predicted molar refractivity (Wildman–Crippen MR) is 144 cm³/mol. The van der Waals surface area contributed by atoms with Crippen molar-refractivity contribution in [3.63, 3.8) is 0 Å². The second-order valence-corrected chi connectivity index (χ2v) is 9.23. The summed E-state index contributed by atoms with van der Waals surface area (Å²) < 4.78 is 22.3. The number of carbonyl (C=O) groups excluding carboxylic acids is 2. The Morgan fingerprint density at radius 3 is 1.92 bits per heavy atom. The van der Waals surface area contributed by atoms with Gasteiger partial charge in [0.1, 0.15) is 25.1 Å². The van der Waals surface area contributed by atoms with Crippen molar-refractivity contribution in [3.8, 4) is 0 Å². The van der Waals surface area contributed by atoms with E-state index < -0.39 is 6.10 Å². The third-order valence-corrected chi connectivity index (χ3v) is 6.66. The average molecular weight is 501 g/mol. The zero-order valence-electron chi connectivity index (χ0n) is 21.4. The summed E-state index contributed by atoms with van der Waals surface area (Å²) in [5.74, 6) is -0.351. The monoisotopic (exact) mass is 500 g/mol. The number of rotatable bonds is 3. The van der Waals surface area contributed by atoms with Crippen LogP contribution < -0.4 is 0 Å². The summed E-state index contributed by atoms with van der Waals surface area (Å²) >= 11 is 0. The molecule has 2 aliphatic rings. The number of methoxy groups -OCH3 is 1. The normalized spacial score (nSPS) is 21.9. The Bertz CT molecular complexity index is 1370. The van der Waals surface area contributed by atoms with E-state index in [9.17, 15) is 4.79 Å². The molecular weight excluding hydrogens is 468 g/mol. The molecule has 0 spiro atoms. The molecule has 0 N–H and O–H groups in total. The second kappa shape index (κ2) is 12.1. The van der Waals surface area contributed by atoms with Crippen LogP contribution in [0.2, 0.25) is 0 Å². The second-order valence-electron chi connectivity index (χ2n) is 9.23. The minimum Gasteiger partial charge on any atom is -0.453 e. The van der Waals surface area contributed by atoms with Gasteiger partial charge in [0.15, 0.2) is 6.10 Å². The van der Waals surface area contributed by atoms with Crippen molar-refractivity contribution in [1.82, 2.24) is 0 Å². The first-order valence-electron chi connectivity index (χ1n) is 12.2. The maximum absolute atomic E-state index is 12.5. The lowest BCUT2D eigenvalue weighted by atomic mass is 10.0. The maximum atomic E-state index is 12.5. The molecular formula is C31H32O6. The largest absolute Gasteiger partial charge is 0.453 e. The molecule has 0 aromatic heterocycles. The third-order valence-electron chi connectivity index (χ3n) is 6.66. The van der Waals surface area contributed by atoms with E-state index in [1.165, 1.54) is 21.9 Å². The highest BCUT2D eigenvalue weighted by molar-refractivity contribution is 5.95. The number of hydrogen-bond donors (Lipinski definition) is 0. The molecule has 0 amide bonds. The Morgan fingerprint density at radius 2 is 1.24 bits per heavy atom. The molecule has 4 aromatic carbocycles. The maximum Gasteiger partial charge on any atom is 0.338 e. The molecule has 2 saturated heterocycles. The van der Waals surface area contributed by atoms with Gasteiger partial charge < -0.3 is 23.7 Å². The average Bonchev–Trinajstić information content (AvgIpc) is 3.52. The van der Waals surface area contributed by atoms with Crippen molar-refractivity contribution in [2.45, 2.75) is 38.3 Å². The highest BCUT2D eigenvalue weighted by atomic mass is 16.6. The number of carbonyl (C=O) groups is 2. The number of esters is 1. The van der Waals surface area contributed by atoms with Gasteiger partial charge in [0.05, 0.1) is 18.8 Å². The van der Waals surface area contributed by atoms with Crippen molar-refractivity contribution in [2.75, 3.05) is 20.3 Å². The summed E-state index contributed by atoms with van der Waals surface area (Å²) in [4.78, 5) is 20.5. The predicted octanol–water partition coefficient (Wildman–Crippen LogP) is 5.45. The van der Waals surface area contributed by atoms with Crippen LogP contribution in [0.25, 0.3) is 21.5 Å². The molecule has 0 saturated carbocycles. The van der Waals surface area contributed by atoms with Gasteiger partial charge in [-0.3, -0.25) is 0 Å². The lowest BCUT2D eigenvalue weighted by molar-refractivity contribution is -0.0980. The smallest absolute Gasteiger partial charge is 0.338 e. The van der Waals surface area contributed by atoms with Crippen molar-refractivity contribution in [2.24, 2.45) is 0 Å². The fourth-order valence-corrected chi connectivity index (χ4v) is 4.74. The molecule has 6 rings (SSSR count). The van der Waals surface area contributed by atoms with E-state index in [0.717, 1.165) is 10.8 Å². The summed E-state index contributed by atoms with van der Waals surface area (Å²) in [6, 6.07) is 26.7. The van der Waals surface area contributed by atoms with Gasteiger partial charge in [-0.15, -0.1) is 0 Å². The zero-order valence-corrected chi connectivity index (χ0v) is 21.4. The number of aryl methyl sites for hydroxylation is 2. The highest BCUT2D eigenvalue weighted by Gasteiger charge is 2.49. The highest BCUT2D eigenvalue weighted by Crippen LogP contribution is 2.31. The molecule has 0 radical (unpaired) electrons. The number of fused-ring (bicyclic) bond motifs is 3. The standard InChI is InChI=1S/C19H20O5.C11H10.CH2O/c1-11-3-4-13-8-14(6-5-12(13)7-11)19(20)24-16-10-23-17-15(21-2)9-22-18(16)17;1-9-6-7-10-4-2-3-5-11(10)8-9;1-2/h3-8,15-18H,9-10H2,1-2H3;2-8H,1H3;1H2/t15-,16-,17?,18?;;/m1../s1. The van der Waals surface area contributed by atoms with E-state index in [1.807, 2.05) is 38.0 Å². The number of ether oxygens (including phenoxy) is 4. The van der Waals surface area contributed by atoms with E-state index in [-0.39, 0.29) is 24.3 Å². The van der Waals surface area contributed by atoms with Crippen LogP contribution in [0.5, 0.6) is 0 Å². The zero-order chi connectivity index (χ0) is 26.4. The van der Waals surface area contributed by atoms with Gasteiger partial charge >= 0.3 is 5.97 Å². The Hall–Kier alpha value is -3.58. The quantitative estimate of drug-likeness (QED) is 0.349. The van der Waals surface area contributed by atoms with Gasteiger partial charge in [0.25, 0.3) is 0 Å². The molecule has 2 fully saturated rings. The van der Waals surface area contributed by atoms with E-state index in [4.69, 9.17) is 23.7 Å². The fourth-order valence-electron chi connectivity index (χ4n) is 4.74. The van der Waals surface area contributed by atoms with E-state index >= 15 is 0 Å². The molecule has 37 heavy (non-hydrogen) atoms. The van der Waals surface area contributed by atoms with Crippen LogP contribution in [0.15, 0.2) is 78.9 Å². The SMILES string of the molecule is C=O.CO[C@@H]1COC2C1OC[C@H]2OC(=O)c1ccc2cc(C)ccc2c1.Cc1ccc2ccccc2c1. The van der Waals surface area contributed by atoms with Crippen molar-refractivity contribution in [1.29, 1.82) is 0 Å². The molecule has 192 valence electrons. The first-order valence-corrected chi connectivity index (χ1v) is 12.2. The summed E-state index contributed by atoms with van der Waals surface area (Å²) in [5, 5.41) is 4.77. The van der Waals surface area contributed by atoms with E-state index in [0.29, 0.717) is 18.8 Å². The van der Waals surface area contributed by atoms with Crippen LogP contribution in [-0.4, -0.2) is 57.5 Å². The molecule has 2 heterocycles. The Morgan fingerprint density at radius 1 is 0.730 bits per heavy atom. The van der Waals surface area contributed by atoms with Gasteiger partial charge in [-0.2, -0.15) is 0 Å². The van der Waals surface area contributed by atoms with Crippen LogP contribution in [0.3, 0.4) is 0 Å². The Labute approximate surface area is 217 Å². The Kier molecular flexibility index (Phi) is 8.66. The molecule has 0 bridgehead atoms. The van der Waals surface area contributed by atoms with Gasteiger partial charge in [-0.1, -0.05) is 77.9 Å². The van der Waals surface area contributed by atoms with Crippen molar-refractivity contribution in [3.05, 3.63) is 95.6 Å². The van der Waals surface area contributed by atoms with Crippen LogP contribution in [0.1, 0.15) is 21.5 Å². The lowest BCUT2D eigenvalue weighted by Gasteiger charge is -2.17. The van der Waals surface area contributed by atoms with Crippen LogP contribution in [-0.2, 0) is 23.7 Å². The van der Waals surface area contributed by atoms with E-state index in [2.05, 4.69) is 55.5 Å². The van der Waals surface area contributed by atoms with Crippen molar-refractivity contribution >= 4 is 34.3 Å². The van der Waals surface area contributed by atoms with Crippen LogP contribution >= 0.6 is 0 Å². The molecule has 4 aromatic rings. The summed E-state index contributed by atoms with van der Waals surface area (Å²) in [6.45, 7) is 6.97. The molecule has 2 aliphatic heterocycles. The lowest BCUT2D eigenvalue weighted by Crippen LogP contribution is -2.34. The summed E-state index contributed by atoms with van der Waals surface area (Å²) in [5.41, 5.74) is 3.05. The first kappa shape index (κ1) is 26.5. The molecule has 0 aliphatic carbocycles. The third kappa shape index (κ3) is 6.05. The molecule has 6 nitrogen and oxygen atoms in total. The minimum absolute atomic E-state index is 0.0948. The first-order chi connectivity index (χ1) is 18.0. The minimum atomic E-state index is -0.392. The van der Waals surface area contributed by atoms with Gasteiger partial charge in [0, 0.05) is 7.11 Å². The fraction of sp³-hybridized carbons (Fsp3) is 0.290. The summed E-state index contributed by atoms with van der Waals surface area (Å²) in [7, 11) is 1.63. The number of benzene rings is 4. The van der Waals surface area contributed by atoms with Crippen molar-refractivity contribution < 1.29 is 28.5 Å². The summed E-state index contributed by atoms with van der Waals surface area (Å²) in [6.07, 6.45) is -0.895. The van der Waals surface area contributed by atoms with Crippen LogP contribution in [0, 0.1) is 13.8 Å². The molecule has 4 atom stereocenters. The topological polar surface area (TPSA) is 71.1 Å². The Balaban J connectivity index is 0.000000205. The van der Waals surface area contributed by atoms with Crippen LogP contribution in [0.4, 0.5) is 0 Å². The van der Waals surface area contributed by atoms with E-state index in [1.54, 1.807) is 13.2 Å². The van der Waals surface area contributed by atoms with Gasteiger partial charge in [-0.25, -0.2) is 4.79 Å². The number of hydrogen-bond acceptors (Lipinski definition) is 6. The van der Waals surface area contributed by atoms with Gasteiger partial charge in [0.2, 0.25) is 0 Å².